The summed E-state index contributed by atoms with van der Waals surface area (Å²) in [6, 6.07) is 15.0. The maximum absolute atomic E-state index is 5.67. The lowest BCUT2D eigenvalue weighted by Gasteiger charge is -2.06. The molecule has 2 aromatic rings. The van der Waals surface area contributed by atoms with Gasteiger partial charge in [-0.05, 0) is 42.8 Å². The third-order valence-electron chi connectivity index (χ3n) is 2.13. The van der Waals surface area contributed by atoms with Crippen LogP contribution in [0.4, 0.5) is 0 Å². The summed E-state index contributed by atoms with van der Waals surface area (Å²) in [6.07, 6.45) is 5.32. The van der Waals surface area contributed by atoms with Crippen molar-refractivity contribution in [3.8, 4) is 23.8 Å². The van der Waals surface area contributed by atoms with E-state index in [2.05, 4.69) is 12.8 Å². The molecule has 2 aromatic carbocycles. The predicted molar refractivity (Wildman–Crippen MR) is 65.4 cm³/mol. The van der Waals surface area contributed by atoms with Crippen LogP contribution in [0.3, 0.4) is 0 Å². The van der Waals surface area contributed by atoms with E-state index in [1.54, 1.807) is 0 Å². The molecule has 0 aliphatic carbocycles. The van der Waals surface area contributed by atoms with Crippen LogP contribution in [0.1, 0.15) is 11.1 Å². The Morgan fingerprint density at radius 2 is 1.69 bits per heavy atom. The second kappa shape index (κ2) is 4.55. The van der Waals surface area contributed by atoms with Gasteiger partial charge in [-0.3, -0.25) is 0 Å². The van der Waals surface area contributed by atoms with Crippen LogP contribution >= 0.6 is 0 Å². The van der Waals surface area contributed by atoms with Crippen LogP contribution in [0.5, 0.6) is 11.5 Å². The first-order valence-electron chi connectivity index (χ1n) is 4.94. The summed E-state index contributed by atoms with van der Waals surface area (Å²) in [5.74, 6) is 4.07. The first-order valence-corrected chi connectivity index (χ1v) is 4.94. The Morgan fingerprint density at radius 1 is 1.00 bits per heavy atom. The SMILES string of the molecule is C#Cc1cccc(Oc2cccc([CH2])c2)c1. The zero-order valence-electron chi connectivity index (χ0n) is 8.81. The summed E-state index contributed by atoms with van der Waals surface area (Å²) in [5.41, 5.74) is 1.73. The number of terminal acetylenes is 1. The Balaban J connectivity index is 2.24. The monoisotopic (exact) mass is 207 g/mol. The minimum atomic E-state index is 0.737. The van der Waals surface area contributed by atoms with Crippen LogP contribution in [0.25, 0.3) is 0 Å². The van der Waals surface area contributed by atoms with Crippen LogP contribution in [-0.4, -0.2) is 0 Å². The van der Waals surface area contributed by atoms with Gasteiger partial charge in [0.05, 0.1) is 0 Å². The third-order valence-corrected chi connectivity index (χ3v) is 2.13. The van der Waals surface area contributed by atoms with Gasteiger partial charge < -0.3 is 4.74 Å². The highest BCUT2D eigenvalue weighted by Gasteiger charge is 1.97. The highest BCUT2D eigenvalue weighted by atomic mass is 16.5. The van der Waals surface area contributed by atoms with Gasteiger partial charge in [0.1, 0.15) is 11.5 Å². The minimum Gasteiger partial charge on any atom is -0.457 e. The summed E-state index contributed by atoms with van der Waals surface area (Å²) in [5, 5.41) is 0. The Hall–Kier alpha value is -2.20. The molecule has 0 aliphatic heterocycles. The van der Waals surface area contributed by atoms with Gasteiger partial charge in [-0.2, -0.15) is 0 Å². The van der Waals surface area contributed by atoms with Crippen molar-refractivity contribution in [3.05, 3.63) is 66.6 Å². The van der Waals surface area contributed by atoms with Crippen molar-refractivity contribution < 1.29 is 4.74 Å². The van der Waals surface area contributed by atoms with Crippen LogP contribution in [0.15, 0.2) is 48.5 Å². The lowest BCUT2D eigenvalue weighted by Crippen LogP contribution is -1.85. The number of hydrogen-bond acceptors (Lipinski definition) is 1. The Morgan fingerprint density at radius 3 is 2.38 bits per heavy atom. The molecule has 1 radical (unpaired) electrons. The molecule has 1 nitrogen and oxygen atoms in total. The molecular formula is C15H11O. The highest BCUT2D eigenvalue weighted by molar-refractivity contribution is 5.41. The largest absolute Gasteiger partial charge is 0.457 e. The number of rotatable bonds is 2. The quantitative estimate of drug-likeness (QED) is 0.683. The van der Waals surface area contributed by atoms with Crippen LogP contribution < -0.4 is 4.74 Å². The van der Waals surface area contributed by atoms with Gasteiger partial charge in [-0.15, -0.1) is 6.42 Å². The van der Waals surface area contributed by atoms with Gasteiger partial charge >= 0.3 is 0 Å². The maximum Gasteiger partial charge on any atom is 0.128 e. The van der Waals surface area contributed by atoms with E-state index in [1.165, 1.54) is 0 Å². The molecule has 16 heavy (non-hydrogen) atoms. The van der Waals surface area contributed by atoms with Gasteiger partial charge in [0, 0.05) is 5.56 Å². The molecule has 0 atom stereocenters. The fourth-order valence-corrected chi connectivity index (χ4v) is 1.39. The summed E-state index contributed by atoms with van der Waals surface area (Å²) in [7, 11) is 0. The normalized spacial score (nSPS) is 9.50. The topological polar surface area (TPSA) is 9.23 Å². The average Bonchev–Trinajstić information content (AvgIpc) is 2.29. The Kier molecular flexibility index (Phi) is 2.93. The van der Waals surface area contributed by atoms with Gasteiger partial charge in [0.25, 0.3) is 0 Å². The molecule has 0 aliphatic rings. The lowest BCUT2D eigenvalue weighted by atomic mass is 10.2. The maximum atomic E-state index is 5.67. The zero-order chi connectivity index (χ0) is 11.4. The molecular weight excluding hydrogens is 196 g/mol. The molecule has 2 rings (SSSR count). The molecule has 0 N–H and O–H groups in total. The molecule has 0 fully saturated rings. The van der Waals surface area contributed by atoms with Gasteiger partial charge in [-0.1, -0.05) is 24.1 Å². The van der Waals surface area contributed by atoms with Crippen molar-refractivity contribution in [1.82, 2.24) is 0 Å². The van der Waals surface area contributed by atoms with Crippen LogP contribution in [0.2, 0.25) is 0 Å². The second-order valence-corrected chi connectivity index (χ2v) is 3.42. The highest BCUT2D eigenvalue weighted by Crippen LogP contribution is 2.22. The number of benzene rings is 2. The van der Waals surface area contributed by atoms with E-state index >= 15 is 0 Å². The fourth-order valence-electron chi connectivity index (χ4n) is 1.39. The lowest BCUT2D eigenvalue weighted by molar-refractivity contribution is 0.482. The minimum absolute atomic E-state index is 0.737. The Bertz CT molecular complexity index is 535. The molecule has 0 amide bonds. The average molecular weight is 207 g/mol. The molecule has 0 aromatic heterocycles. The third kappa shape index (κ3) is 2.43. The molecule has 0 saturated heterocycles. The van der Waals surface area contributed by atoms with Crippen molar-refractivity contribution in [2.45, 2.75) is 0 Å². The molecule has 0 saturated carbocycles. The summed E-state index contributed by atoms with van der Waals surface area (Å²) < 4.78 is 5.67. The van der Waals surface area contributed by atoms with E-state index in [1.807, 2.05) is 48.5 Å². The second-order valence-electron chi connectivity index (χ2n) is 3.42. The smallest absolute Gasteiger partial charge is 0.128 e. The molecule has 77 valence electrons. The van der Waals surface area contributed by atoms with Crippen molar-refractivity contribution in [2.24, 2.45) is 0 Å². The zero-order valence-corrected chi connectivity index (χ0v) is 8.81. The molecule has 0 spiro atoms. The summed E-state index contributed by atoms with van der Waals surface area (Å²) in [6.45, 7) is 3.84. The van der Waals surface area contributed by atoms with E-state index in [-0.39, 0.29) is 0 Å². The molecule has 1 heteroatoms. The summed E-state index contributed by atoms with van der Waals surface area (Å²) >= 11 is 0. The molecule has 0 unspecified atom stereocenters. The van der Waals surface area contributed by atoms with E-state index in [9.17, 15) is 0 Å². The number of hydrogen-bond donors (Lipinski definition) is 0. The Labute approximate surface area is 95.7 Å². The van der Waals surface area contributed by atoms with Crippen LogP contribution in [0, 0.1) is 19.3 Å². The van der Waals surface area contributed by atoms with Crippen molar-refractivity contribution in [1.29, 1.82) is 0 Å². The van der Waals surface area contributed by atoms with Crippen molar-refractivity contribution >= 4 is 0 Å². The van der Waals surface area contributed by atoms with Gasteiger partial charge in [-0.25, -0.2) is 0 Å². The van der Waals surface area contributed by atoms with Crippen molar-refractivity contribution in [3.63, 3.8) is 0 Å². The van der Waals surface area contributed by atoms with Gasteiger partial charge in [0.2, 0.25) is 0 Å². The van der Waals surface area contributed by atoms with E-state index in [4.69, 9.17) is 11.2 Å². The molecule has 0 heterocycles. The standard InChI is InChI=1S/C15H11O/c1-3-13-7-5-9-15(11-13)16-14-8-4-6-12(2)10-14/h1,4-11H,2H2. The van der Waals surface area contributed by atoms with Crippen LogP contribution in [-0.2, 0) is 0 Å². The summed E-state index contributed by atoms with van der Waals surface area (Å²) in [4.78, 5) is 0. The van der Waals surface area contributed by atoms with E-state index in [0.717, 1.165) is 22.6 Å². The van der Waals surface area contributed by atoms with Gasteiger partial charge in [0.15, 0.2) is 0 Å². The van der Waals surface area contributed by atoms with E-state index < -0.39 is 0 Å². The first kappa shape index (κ1) is 10.3. The predicted octanol–water partition coefficient (Wildman–Crippen LogP) is 3.64. The van der Waals surface area contributed by atoms with E-state index in [0.29, 0.717) is 0 Å². The fraction of sp³-hybridized carbons (Fsp3) is 0. The molecule has 0 bridgehead atoms. The number of ether oxygens (including phenoxy) is 1. The van der Waals surface area contributed by atoms with Crippen molar-refractivity contribution in [2.75, 3.05) is 0 Å². The first-order chi connectivity index (χ1) is 7.78.